The molecule has 1 aromatic rings. The highest BCUT2D eigenvalue weighted by molar-refractivity contribution is 7.15. The van der Waals surface area contributed by atoms with Gasteiger partial charge in [-0.15, -0.1) is 11.3 Å². The number of hydrogen-bond donors (Lipinski definition) is 1. The molecule has 1 saturated heterocycles. The quantitative estimate of drug-likeness (QED) is 0.894. The van der Waals surface area contributed by atoms with Gasteiger partial charge < -0.3 is 10.2 Å². The van der Waals surface area contributed by atoms with E-state index < -0.39 is 0 Å². The number of thiazole rings is 1. The molecular weight excluding hydrogens is 278 g/mol. The number of aromatic nitrogens is 1. The molecule has 0 spiro atoms. The third kappa shape index (κ3) is 2.72. The highest BCUT2D eigenvalue weighted by Gasteiger charge is 2.37. The Morgan fingerprint density at radius 3 is 2.86 bits per heavy atom. The van der Waals surface area contributed by atoms with Crippen LogP contribution in [0.2, 0.25) is 0 Å². The van der Waals surface area contributed by atoms with Gasteiger partial charge in [0.25, 0.3) is 0 Å². The molecule has 4 heteroatoms. The summed E-state index contributed by atoms with van der Waals surface area (Å²) in [6.07, 6.45) is 9.80. The molecule has 3 aliphatic rings. The van der Waals surface area contributed by atoms with Crippen LogP contribution in [0.25, 0.3) is 0 Å². The first-order valence-electron chi connectivity index (χ1n) is 8.83. The van der Waals surface area contributed by atoms with E-state index in [-0.39, 0.29) is 0 Å². The maximum absolute atomic E-state index is 5.11. The van der Waals surface area contributed by atoms with Crippen LogP contribution in [-0.4, -0.2) is 24.1 Å². The molecule has 2 unspecified atom stereocenters. The Morgan fingerprint density at radius 1 is 1.19 bits per heavy atom. The standard InChI is InChI=1S/C17H27N3S/c1-2-18-11-15-16(13-8-9-13)19-17(21-15)20-10-4-6-12-5-3-7-14(12)20/h12-14,18H,2-11H2,1H3. The van der Waals surface area contributed by atoms with Crippen LogP contribution in [0, 0.1) is 5.92 Å². The van der Waals surface area contributed by atoms with Gasteiger partial charge in [-0.05, 0) is 51.0 Å². The Morgan fingerprint density at radius 2 is 2.05 bits per heavy atom. The molecule has 116 valence electrons. The summed E-state index contributed by atoms with van der Waals surface area (Å²) in [5.74, 6) is 1.72. The number of anilines is 1. The maximum atomic E-state index is 5.11. The monoisotopic (exact) mass is 305 g/mol. The van der Waals surface area contributed by atoms with Crippen molar-refractivity contribution in [3.8, 4) is 0 Å². The average molecular weight is 305 g/mol. The molecule has 1 aromatic heterocycles. The number of hydrogen-bond acceptors (Lipinski definition) is 4. The summed E-state index contributed by atoms with van der Waals surface area (Å²) in [5.41, 5.74) is 1.43. The first kappa shape index (κ1) is 14.0. The van der Waals surface area contributed by atoms with Crippen molar-refractivity contribution in [2.24, 2.45) is 5.92 Å². The van der Waals surface area contributed by atoms with Crippen molar-refractivity contribution in [1.29, 1.82) is 0 Å². The maximum Gasteiger partial charge on any atom is 0.186 e. The van der Waals surface area contributed by atoms with E-state index >= 15 is 0 Å². The minimum absolute atomic E-state index is 0.771. The van der Waals surface area contributed by atoms with Crippen molar-refractivity contribution in [2.75, 3.05) is 18.0 Å². The molecule has 3 fully saturated rings. The van der Waals surface area contributed by atoms with E-state index in [9.17, 15) is 0 Å². The van der Waals surface area contributed by atoms with E-state index in [2.05, 4.69) is 17.1 Å². The fourth-order valence-corrected chi connectivity index (χ4v) is 5.41. The van der Waals surface area contributed by atoms with E-state index in [4.69, 9.17) is 4.98 Å². The number of fused-ring (bicyclic) bond motifs is 1. The molecule has 0 amide bonds. The second-order valence-corrected chi connectivity index (χ2v) is 8.02. The van der Waals surface area contributed by atoms with Gasteiger partial charge in [0.15, 0.2) is 5.13 Å². The molecule has 1 N–H and O–H groups in total. The van der Waals surface area contributed by atoms with Gasteiger partial charge >= 0.3 is 0 Å². The van der Waals surface area contributed by atoms with Gasteiger partial charge in [0, 0.05) is 29.9 Å². The van der Waals surface area contributed by atoms with Gasteiger partial charge in [-0.25, -0.2) is 4.98 Å². The smallest absolute Gasteiger partial charge is 0.186 e. The molecule has 0 radical (unpaired) electrons. The summed E-state index contributed by atoms with van der Waals surface area (Å²) in [4.78, 5) is 9.30. The zero-order valence-corrected chi connectivity index (χ0v) is 13.9. The lowest BCUT2D eigenvalue weighted by Gasteiger charge is -2.37. The predicted molar refractivity (Wildman–Crippen MR) is 89.2 cm³/mol. The zero-order valence-electron chi connectivity index (χ0n) is 13.1. The van der Waals surface area contributed by atoms with Crippen molar-refractivity contribution in [3.05, 3.63) is 10.6 Å². The second kappa shape index (κ2) is 5.88. The molecule has 2 saturated carbocycles. The minimum Gasteiger partial charge on any atom is -0.345 e. The SMILES string of the molecule is CCNCc1sc(N2CCCC3CCCC32)nc1C1CC1. The summed E-state index contributed by atoms with van der Waals surface area (Å²) in [5, 5.41) is 4.84. The summed E-state index contributed by atoms with van der Waals surface area (Å²) >= 11 is 1.98. The normalized spacial score (nSPS) is 28.9. The number of nitrogens with one attached hydrogen (secondary N) is 1. The van der Waals surface area contributed by atoms with Crippen molar-refractivity contribution in [3.63, 3.8) is 0 Å². The Kier molecular flexibility index (Phi) is 3.92. The first-order chi connectivity index (χ1) is 10.4. The molecule has 3 nitrogen and oxygen atoms in total. The van der Waals surface area contributed by atoms with Crippen LogP contribution in [0.1, 0.15) is 68.4 Å². The van der Waals surface area contributed by atoms with Gasteiger partial charge in [-0.3, -0.25) is 0 Å². The van der Waals surface area contributed by atoms with E-state index in [0.717, 1.165) is 31.0 Å². The van der Waals surface area contributed by atoms with Crippen LogP contribution in [-0.2, 0) is 6.54 Å². The summed E-state index contributed by atoms with van der Waals surface area (Å²) in [7, 11) is 0. The summed E-state index contributed by atoms with van der Waals surface area (Å²) < 4.78 is 0. The molecule has 2 aliphatic carbocycles. The highest BCUT2D eigenvalue weighted by atomic mass is 32.1. The third-order valence-electron chi connectivity index (χ3n) is 5.45. The third-order valence-corrected chi connectivity index (χ3v) is 6.56. The zero-order chi connectivity index (χ0) is 14.2. The molecular formula is C17H27N3S. The predicted octanol–water partition coefficient (Wildman–Crippen LogP) is 3.90. The number of rotatable bonds is 5. The fraction of sp³-hybridized carbons (Fsp3) is 0.824. The van der Waals surface area contributed by atoms with Crippen LogP contribution < -0.4 is 10.2 Å². The number of piperidine rings is 1. The average Bonchev–Trinajstić information content (AvgIpc) is 3.09. The molecule has 21 heavy (non-hydrogen) atoms. The Hall–Kier alpha value is -0.610. The van der Waals surface area contributed by atoms with Crippen LogP contribution >= 0.6 is 11.3 Å². The van der Waals surface area contributed by atoms with Crippen molar-refractivity contribution in [1.82, 2.24) is 10.3 Å². The fourth-order valence-electron chi connectivity index (χ4n) is 4.21. The Balaban J connectivity index is 1.58. The largest absolute Gasteiger partial charge is 0.345 e. The molecule has 0 bridgehead atoms. The van der Waals surface area contributed by atoms with Gasteiger partial charge in [0.1, 0.15) is 0 Å². The topological polar surface area (TPSA) is 28.2 Å². The summed E-state index contributed by atoms with van der Waals surface area (Å²) in [6.45, 7) is 5.49. The highest BCUT2D eigenvalue weighted by Crippen LogP contribution is 2.46. The summed E-state index contributed by atoms with van der Waals surface area (Å²) in [6, 6.07) is 0.795. The van der Waals surface area contributed by atoms with Crippen LogP contribution in [0.5, 0.6) is 0 Å². The van der Waals surface area contributed by atoms with Crippen LogP contribution in [0.15, 0.2) is 0 Å². The Labute approximate surface area is 132 Å². The minimum atomic E-state index is 0.771. The van der Waals surface area contributed by atoms with E-state index in [0.29, 0.717) is 0 Å². The van der Waals surface area contributed by atoms with Crippen LogP contribution in [0.4, 0.5) is 5.13 Å². The lowest BCUT2D eigenvalue weighted by Crippen LogP contribution is -2.42. The van der Waals surface area contributed by atoms with Crippen molar-refractivity contribution < 1.29 is 0 Å². The number of nitrogens with zero attached hydrogens (tertiary/aromatic N) is 2. The van der Waals surface area contributed by atoms with Gasteiger partial charge in [-0.2, -0.15) is 0 Å². The second-order valence-electron chi connectivity index (χ2n) is 6.95. The molecule has 2 atom stereocenters. The van der Waals surface area contributed by atoms with Crippen LogP contribution in [0.3, 0.4) is 0 Å². The molecule has 0 aromatic carbocycles. The Bertz CT molecular complexity index is 494. The lowest BCUT2D eigenvalue weighted by atomic mass is 9.92. The molecule has 1 aliphatic heterocycles. The van der Waals surface area contributed by atoms with Gasteiger partial charge in [0.2, 0.25) is 0 Å². The van der Waals surface area contributed by atoms with E-state index in [1.54, 1.807) is 0 Å². The van der Waals surface area contributed by atoms with Gasteiger partial charge in [-0.1, -0.05) is 13.3 Å². The van der Waals surface area contributed by atoms with Crippen molar-refractivity contribution >= 4 is 16.5 Å². The van der Waals surface area contributed by atoms with E-state index in [1.807, 2.05) is 11.3 Å². The van der Waals surface area contributed by atoms with Crippen molar-refractivity contribution in [2.45, 2.75) is 70.4 Å². The first-order valence-corrected chi connectivity index (χ1v) is 9.65. The lowest BCUT2D eigenvalue weighted by molar-refractivity contribution is 0.362. The van der Waals surface area contributed by atoms with Gasteiger partial charge in [0.05, 0.1) is 5.69 Å². The molecule has 2 heterocycles. The van der Waals surface area contributed by atoms with E-state index in [1.165, 1.54) is 67.2 Å². The molecule has 4 rings (SSSR count).